The molecule has 0 saturated heterocycles. The molecule has 0 atom stereocenters. The molecule has 0 unspecified atom stereocenters. The fraction of sp³-hybridized carbons (Fsp3) is 0.222. The van der Waals surface area contributed by atoms with Crippen LogP contribution in [-0.4, -0.2) is 31.8 Å². The molecule has 2 aromatic carbocycles. The Bertz CT molecular complexity index is 700. The zero-order valence-electron chi connectivity index (χ0n) is 13.6. The van der Waals surface area contributed by atoms with Gasteiger partial charge in [-0.1, -0.05) is 18.2 Å². The van der Waals surface area contributed by atoms with Crippen LogP contribution in [0.1, 0.15) is 15.9 Å². The predicted octanol–water partition coefficient (Wildman–Crippen LogP) is 3.35. The SMILES string of the molecule is COC(=O)c1cccc(NC(=O)CSCc2ccc(OC)cc2)c1. The quantitative estimate of drug-likeness (QED) is 0.780. The van der Waals surface area contributed by atoms with Crippen LogP contribution in [0, 0.1) is 0 Å². The number of carbonyl (C=O) groups excluding carboxylic acids is 2. The third-order valence-corrected chi connectivity index (χ3v) is 4.23. The van der Waals surface area contributed by atoms with Gasteiger partial charge in [-0.2, -0.15) is 0 Å². The smallest absolute Gasteiger partial charge is 0.337 e. The molecule has 0 heterocycles. The van der Waals surface area contributed by atoms with Gasteiger partial charge in [0.2, 0.25) is 5.91 Å². The van der Waals surface area contributed by atoms with E-state index in [4.69, 9.17) is 4.74 Å². The Labute approximate surface area is 145 Å². The summed E-state index contributed by atoms with van der Waals surface area (Å²) in [6, 6.07) is 14.4. The highest BCUT2D eigenvalue weighted by atomic mass is 32.2. The summed E-state index contributed by atoms with van der Waals surface area (Å²) in [5.74, 6) is 1.33. The molecule has 126 valence electrons. The molecule has 0 radical (unpaired) electrons. The fourth-order valence-electron chi connectivity index (χ4n) is 2.02. The Morgan fingerprint density at radius 3 is 2.50 bits per heavy atom. The van der Waals surface area contributed by atoms with Crippen LogP contribution in [0.2, 0.25) is 0 Å². The molecule has 0 aromatic heterocycles. The Hall–Kier alpha value is -2.47. The largest absolute Gasteiger partial charge is 0.497 e. The van der Waals surface area contributed by atoms with Gasteiger partial charge in [-0.05, 0) is 35.9 Å². The molecule has 5 nitrogen and oxygen atoms in total. The van der Waals surface area contributed by atoms with Crippen LogP contribution in [0.25, 0.3) is 0 Å². The van der Waals surface area contributed by atoms with E-state index in [2.05, 4.69) is 10.1 Å². The third-order valence-electron chi connectivity index (χ3n) is 3.23. The molecular formula is C18H19NO4S. The minimum absolute atomic E-state index is 0.115. The molecule has 24 heavy (non-hydrogen) atoms. The summed E-state index contributed by atoms with van der Waals surface area (Å²) < 4.78 is 9.77. The Morgan fingerprint density at radius 2 is 1.83 bits per heavy atom. The Kier molecular flexibility index (Phi) is 6.69. The first-order valence-corrected chi connectivity index (χ1v) is 8.46. The lowest BCUT2D eigenvalue weighted by Crippen LogP contribution is -2.14. The summed E-state index contributed by atoms with van der Waals surface area (Å²) in [6.07, 6.45) is 0. The number of rotatable bonds is 7. The van der Waals surface area contributed by atoms with Crippen molar-refractivity contribution in [1.82, 2.24) is 0 Å². The van der Waals surface area contributed by atoms with E-state index in [9.17, 15) is 9.59 Å². The van der Waals surface area contributed by atoms with Crippen molar-refractivity contribution in [3.05, 3.63) is 59.7 Å². The van der Waals surface area contributed by atoms with Crippen LogP contribution in [0.5, 0.6) is 5.75 Å². The number of methoxy groups -OCH3 is 2. The van der Waals surface area contributed by atoms with E-state index < -0.39 is 5.97 Å². The highest BCUT2D eigenvalue weighted by molar-refractivity contribution is 7.99. The highest BCUT2D eigenvalue weighted by Gasteiger charge is 2.08. The van der Waals surface area contributed by atoms with Crippen molar-refractivity contribution in [2.75, 3.05) is 25.3 Å². The molecule has 0 aliphatic heterocycles. The van der Waals surface area contributed by atoms with E-state index in [0.29, 0.717) is 17.0 Å². The van der Waals surface area contributed by atoms with E-state index in [0.717, 1.165) is 17.1 Å². The van der Waals surface area contributed by atoms with Crippen LogP contribution in [-0.2, 0) is 15.3 Å². The first-order chi connectivity index (χ1) is 11.6. The number of ether oxygens (including phenoxy) is 2. The summed E-state index contributed by atoms with van der Waals surface area (Å²) in [7, 11) is 2.95. The minimum atomic E-state index is -0.431. The van der Waals surface area contributed by atoms with E-state index in [1.807, 2.05) is 24.3 Å². The van der Waals surface area contributed by atoms with Crippen LogP contribution in [0.15, 0.2) is 48.5 Å². The van der Waals surface area contributed by atoms with E-state index >= 15 is 0 Å². The highest BCUT2D eigenvalue weighted by Crippen LogP contribution is 2.17. The molecule has 1 amide bonds. The van der Waals surface area contributed by atoms with E-state index in [1.54, 1.807) is 31.4 Å². The predicted molar refractivity (Wildman–Crippen MR) is 95.6 cm³/mol. The number of anilines is 1. The number of carbonyl (C=O) groups is 2. The molecule has 2 rings (SSSR count). The molecule has 6 heteroatoms. The van der Waals surface area contributed by atoms with Gasteiger partial charge in [0.1, 0.15) is 5.75 Å². The van der Waals surface area contributed by atoms with Crippen LogP contribution < -0.4 is 10.1 Å². The van der Waals surface area contributed by atoms with Crippen molar-refractivity contribution in [2.24, 2.45) is 0 Å². The van der Waals surface area contributed by atoms with Gasteiger partial charge in [0.15, 0.2) is 0 Å². The van der Waals surface area contributed by atoms with Gasteiger partial charge in [-0.25, -0.2) is 4.79 Å². The van der Waals surface area contributed by atoms with Gasteiger partial charge in [0.05, 0.1) is 25.5 Å². The number of thioether (sulfide) groups is 1. The summed E-state index contributed by atoms with van der Waals surface area (Å²) in [5, 5.41) is 2.78. The summed E-state index contributed by atoms with van der Waals surface area (Å²) in [6.45, 7) is 0. The average Bonchev–Trinajstić information content (AvgIpc) is 2.61. The van der Waals surface area contributed by atoms with Crippen molar-refractivity contribution < 1.29 is 19.1 Å². The van der Waals surface area contributed by atoms with Gasteiger partial charge in [-0.3, -0.25) is 4.79 Å². The lowest BCUT2D eigenvalue weighted by molar-refractivity contribution is -0.113. The number of hydrogen-bond acceptors (Lipinski definition) is 5. The van der Waals surface area contributed by atoms with Gasteiger partial charge in [0.25, 0.3) is 0 Å². The van der Waals surface area contributed by atoms with Gasteiger partial charge in [0, 0.05) is 11.4 Å². The Balaban J connectivity index is 1.81. The van der Waals surface area contributed by atoms with Crippen LogP contribution in [0.3, 0.4) is 0 Å². The van der Waals surface area contributed by atoms with Gasteiger partial charge >= 0.3 is 5.97 Å². The lowest BCUT2D eigenvalue weighted by atomic mass is 10.2. The normalized spacial score (nSPS) is 10.1. The molecule has 1 N–H and O–H groups in total. The first-order valence-electron chi connectivity index (χ1n) is 7.31. The van der Waals surface area contributed by atoms with Crippen molar-refractivity contribution in [3.8, 4) is 5.75 Å². The second-order valence-electron chi connectivity index (χ2n) is 4.96. The van der Waals surface area contributed by atoms with E-state index in [-0.39, 0.29) is 5.91 Å². The van der Waals surface area contributed by atoms with E-state index in [1.165, 1.54) is 18.9 Å². The third kappa shape index (κ3) is 5.31. The first kappa shape index (κ1) is 17.9. The van der Waals surface area contributed by atoms with Gasteiger partial charge in [-0.15, -0.1) is 11.8 Å². The summed E-state index contributed by atoms with van der Waals surface area (Å²) >= 11 is 1.52. The standard InChI is InChI=1S/C18H19NO4S/c1-22-16-8-6-13(7-9-16)11-24-12-17(20)19-15-5-3-4-14(10-15)18(21)23-2/h3-10H,11-12H2,1-2H3,(H,19,20). The molecule has 0 fully saturated rings. The number of hydrogen-bond donors (Lipinski definition) is 1. The Morgan fingerprint density at radius 1 is 1.08 bits per heavy atom. The molecule has 0 aliphatic carbocycles. The molecule has 0 spiro atoms. The lowest BCUT2D eigenvalue weighted by Gasteiger charge is -2.07. The van der Waals surface area contributed by atoms with Crippen LogP contribution in [0.4, 0.5) is 5.69 Å². The van der Waals surface area contributed by atoms with Crippen molar-refractivity contribution in [3.63, 3.8) is 0 Å². The molecular weight excluding hydrogens is 326 g/mol. The summed E-state index contributed by atoms with van der Waals surface area (Å²) in [5.41, 5.74) is 2.11. The maximum absolute atomic E-state index is 12.0. The monoisotopic (exact) mass is 345 g/mol. The average molecular weight is 345 g/mol. The maximum Gasteiger partial charge on any atom is 0.337 e. The van der Waals surface area contributed by atoms with Crippen LogP contribution >= 0.6 is 11.8 Å². The van der Waals surface area contributed by atoms with Crippen molar-refractivity contribution in [2.45, 2.75) is 5.75 Å². The number of nitrogens with one attached hydrogen (secondary N) is 1. The molecule has 2 aromatic rings. The number of benzene rings is 2. The molecule has 0 bridgehead atoms. The summed E-state index contributed by atoms with van der Waals surface area (Å²) in [4.78, 5) is 23.5. The molecule has 0 saturated carbocycles. The van der Waals surface area contributed by atoms with Gasteiger partial charge < -0.3 is 14.8 Å². The fourth-order valence-corrected chi connectivity index (χ4v) is 2.81. The van der Waals surface area contributed by atoms with Crippen molar-refractivity contribution >= 4 is 29.3 Å². The number of esters is 1. The topological polar surface area (TPSA) is 64.6 Å². The maximum atomic E-state index is 12.0. The second kappa shape index (κ2) is 8.98. The molecule has 0 aliphatic rings. The minimum Gasteiger partial charge on any atom is -0.497 e. The zero-order valence-corrected chi connectivity index (χ0v) is 14.4. The second-order valence-corrected chi connectivity index (χ2v) is 5.95. The van der Waals surface area contributed by atoms with Crippen molar-refractivity contribution in [1.29, 1.82) is 0 Å². The number of amides is 1. The zero-order chi connectivity index (χ0) is 17.4.